The fourth-order valence-corrected chi connectivity index (χ4v) is 3.79. The van der Waals surface area contributed by atoms with Crippen LogP contribution in [-0.2, 0) is 14.8 Å². The zero-order valence-electron chi connectivity index (χ0n) is 17.8. The summed E-state index contributed by atoms with van der Waals surface area (Å²) in [7, 11) is -0.821. The fourth-order valence-electron chi connectivity index (χ4n) is 2.80. The quantitative estimate of drug-likeness (QED) is 0.593. The second-order valence-corrected chi connectivity index (χ2v) is 8.67. The Morgan fingerprint density at radius 2 is 1.60 bits per heavy atom. The topological polar surface area (TPSA) is 103 Å². The molecule has 0 saturated carbocycles. The molecule has 0 bridgehead atoms. The fraction of sp³-hybridized carbons (Fsp3) is 0.381. The Hall–Kier alpha value is -2.94. The van der Waals surface area contributed by atoms with Crippen molar-refractivity contribution < 1.29 is 27.4 Å². The van der Waals surface area contributed by atoms with Crippen molar-refractivity contribution in [3.05, 3.63) is 48.0 Å². The number of rotatable bonds is 10. The molecule has 1 amide bonds. The molecule has 2 aromatic rings. The van der Waals surface area contributed by atoms with Crippen LogP contribution in [0.15, 0.2) is 42.5 Å². The van der Waals surface area contributed by atoms with Crippen molar-refractivity contribution >= 4 is 21.6 Å². The van der Waals surface area contributed by atoms with Crippen LogP contribution >= 0.6 is 0 Å². The Labute approximate surface area is 177 Å². The third kappa shape index (κ3) is 6.84. The van der Waals surface area contributed by atoms with Crippen LogP contribution in [0.2, 0.25) is 0 Å². The van der Waals surface area contributed by atoms with Crippen molar-refractivity contribution in [1.29, 1.82) is 0 Å². The van der Waals surface area contributed by atoms with Crippen LogP contribution in [-0.4, -0.2) is 40.4 Å². The van der Waals surface area contributed by atoms with Gasteiger partial charge in [0.2, 0.25) is 15.9 Å². The Kier molecular flexibility index (Phi) is 7.93. The molecule has 1 unspecified atom stereocenters. The number of ether oxygens (including phenoxy) is 3. The van der Waals surface area contributed by atoms with E-state index in [1.54, 1.807) is 56.5 Å². The first-order valence-corrected chi connectivity index (χ1v) is 11.1. The van der Waals surface area contributed by atoms with Crippen molar-refractivity contribution in [2.75, 3.05) is 24.7 Å². The molecule has 0 fully saturated rings. The highest BCUT2D eigenvalue weighted by molar-refractivity contribution is 7.93. The van der Waals surface area contributed by atoms with Crippen LogP contribution < -0.4 is 24.2 Å². The lowest BCUT2D eigenvalue weighted by Gasteiger charge is -2.18. The molecule has 8 nitrogen and oxygen atoms in total. The molecule has 164 valence electrons. The molecule has 0 aromatic heterocycles. The zero-order chi connectivity index (χ0) is 22.3. The number of amides is 1. The van der Waals surface area contributed by atoms with Crippen molar-refractivity contribution in [1.82, 2.24) is 5.32 Å². The van der Waals surface area contributed by atoms with Crippen molar-refractivity contribution in [3.8, 4) is 17.2 Å². The maximum Gasteiger partial charge on any atom is 0.241 e. The number of benzene rings is 2. The van der Waals surface area contributed by atoms with Gasteiger partial charge in [-0.3, -0.25) is 9.52 Å². The van der Waals surface area contributed by atoms with Gasteiger partial charge in [-0.25, -0.2) is 8.42 Å². The van der Waals surface area contributed by atoms with Crippen LogP contribution in [0.1, 0.15) is 32.4 Å². The molecule has 0 spiro atoms. The molecular formula is C21H28N2O6S. The predicted molar refractivity (Wildman–Crippen MR) is 116 cm³/mol. The van der Waals surface area contributed by atoms with Gasteiger partial charge in [-0.05, 0) is 57.2 Å². The molecule has 0 radical (unpaired) electrons. The first-order chi connectivity index (χ1) is 14.1. The lowest BCUT2D eigenvalue weighted by Crippen LogP contribution is -2.34. The van der Waals surface area contributed by atoms with E-state index in [-0.39, 0.29) is 6.10 Å². The second-order valence-electron chi connectivity index (χ2n) is 6.95. The molecule has 0 aliphatic rings. The van der Waals surface area contributed by atoms with Gasteiger partial charge in [0.1, 0.15) is 23.0 Å². The van der Waals surface area contributed by atoms with E-state index in [2.05, 4.69) is 10.0 Å². The zero-order valence-corrected chi connectivity index (χ0v) is 18.6. The van der Waals surface area contributed by atoms with Gasteiger partial charge in [-0.2, -0.15) is 0 Å². The Bertz CT molecular complexity index is 958. The summed E-state index contributed by atoms with van der Waals surface area (Å²) in [5, 5.41) is 2.68. The minimum absolute atomic E-state index is 0.0163. The molecule has 0 aliphatic carbocycles. The smallest absolute Gasteiger partial charge is 0.241 e. The molecule has 0 heterocycles. The number of carbonyl (C=O) groups excluding carboxylic acids is 1. The second kappa shape index (κ2) is 10.2. The summed E-state index contributed by atoms with van der Waals surface area (Å²) < 4.78 is 43.1. The third-order valence-electron chi connectivity index (χ3n) is 4.11. The van der Waals surface area contributed by atoms with Crippen LogP contribution in [0.25, 0.3) is 0 Å². The first-order valence-electron chi connectivity index (χ1n) is 9.42. The highest BCUT2D eigenvalue weighted by Gasteiger charge is 2.20. The van der Waals surface area contributed by atoms with Gasteiger partial charge in [0.05, 0.1) is 26.4 Å². The highest BCUT2D eigenvalue weighted by Crippen LogP contribution is 2.29. The van der Waals surface area contributed by atoms with E-state index >= 15 is 0 Å². The van der Waals surface area contributed by atoms with Gasteiger partial charge in [-0.15, -0.1) is 0 Å². The Balaban J connectivity index is 1.99. The van der Waals surface area contributed by atoms with Crippen molar-refractivity contribution in [2.24, 2.45) is 0 Å². The molecule has 0 saturated heterocycles. The predicted octanol–water partition coefficient (Wildman–Crippen LogP) is 3.11. The van der Waals surface area contributed by atoms with Gasteiger partial charge < -0.3 is 19.5 Å². The summed E-state index contributed by atoms with van der Waals surface area (Å²) in [5.41, 5.74) is 1.06. The van der Waals surface area contributed by atoms with Gasteiger partial charge in [0.25, 0.3) is 0 Å². The van der Waals surface area contributed by atoms with E-state index in [1.165, 1.54) is 7.11 Å². The summed E-state index contributed by atoms with van der Waals surface area (Å²) in [6.45, 7) is 5.55. The SMILES string of the molecule is COc1ccc(C(C)NC(=O)CS(=O)(=O)Nc2ccc(OC(C)C)cc2)c(OC)c1. The molecule has 30 heavy (non-hydrogen) atoms. The van der Waals surface area contributed by atoms with Gasteiger partial charge in [-0.1, -0.05) is 0 Å². The lowest BCUT2D eigenvalue weighted by atomic mass is 10.1. The summed E-state index contributed by atoms with van der Waals surface area (Å²) >= 11 is 0. The van der Waals surface area contributed by atoms with E-state index in [0.717, 1.165) is 0 Å². The average molecular weight is 437 g/mol. The molecular weight excluding hydrogens is 408 g/mol. The molecule has 9 heteroatoms. The average Bonchev–Trinajstić information content (AvgIpc) is 2.67. The molecule has 0 aliphatic heterocycles. The minimum atomic E-state index is -3.88. The van der Waals surface area contributed by atoms with Crippen LogP contribution in [0, 0.1) is 0 Å². The number of carbonyl (C=O) groups is 1. The van der Waals surface area contributed by atoms with Crippen LogP contribution in [0.4, 0.5) is 5.69 Å². The molecule has 2 rings (SSSR count). The number of methoxy groups -OCH3 is 2. The maximum atomic E-state index is 12.4. The Morgan fingerprint density at radius 3 is 2.17 bits per heavy atom. The van der Waals surface area contributed by atoms with E-state index in [0.29, 0.717) is 28.5 Å². The number of hydrogen-bond acceptors (Lipinski definition) is 6. The van der Waals surface area contributed by atoms with Gasteiger partial charge in [0.15, 0.2) is 0 Å². The van der Waals surface area contributed by atoms with Gasteiger partial charge in [0, 0.05) is 17.3 Å². The normalized spacial score (nSPS) is 12.2. The monoisotopic (exact) mass is 436 g/mol. The number of sulfonamides is 1. The summed E-state index contributed by atoms with van der Waals surface area (Å²) in [5.74, 6) is 0.443. The standard InChI is InChI=1S/C21H28N2O6S/c1-14(2)29-17-8-6-16(7-9-17)23-30(25,26)13-21(24)22-15(3)19-11-10-18(27-4)12-20(19)28-5/h6-12,14-15,23H,13H2,1-5H3,(H,22,24). The summed E-state index contributed by atoms with van der Waals surface area (Å²) in [6.07, 6.45) is 0.0163. The Morgan fingerprint density at radius 1 is 0.967 bits per heavy atom. The lowest BCUT2D eigenvalue weighted by molar-refractivity contribution is -0.119. The molecule has 2 aromatic carbocycles. The van der Waals surface area contributed by atoms with Crippen molar-refractivity contribution in [3.63, 3.8) is 0 Å². The largest absolute Gasteiger partial charge is 0.497 e. The van der Waals surface area contributed by atoms with E-state index in [4.69, 9.17) is 14.2 Å². The van der Waals surface area contributed by atoms with Crippen molar-refractivity contribution in [2.45, 2.75) is 32.9 Å². The van der Waals surface area contributed by atoms with E-state index in [1.807, 2.05) is 13.8 Å². The third-order valence-corrected chi connectivity index (χ3v) is 5.29. The maximum absolute atomic E-state index is 12.4. The summed E-state index contributed by atoms with van der Waals surface area (Å²) in [4.78, 5) is 12.3. The van der Waals surface area contributed by atoms with Crippen LogP contribution in [0.5, 0.6) is 17.2 Å². The molecule has 2 N–H and O–H groups in total. The number of anilines is 1. The number of nitrogens with one attached hydrogen (secondary N) is 2. The number of hydrogen-bond donors (Lipinski definition) is 2. The van der Waals surface area contributed by atoms with Crippen LogP contribution in [0.3, 0.4) is 0 Å². The van der Waals surface area contributed by atoms with Gasteiger partial charge >= 0.3 is 0 Å². The van der Waals surface area contributed by atoms with E-state index < -0.39 is 27.7 Å². The molecule has 1 atom stereocenters. The minimum Gasteiger partial charge on any atom is -0.497 e. The van der Waals surface area contributed by atoms with E-state index in [9.17, 15) is 13.2 Å². The first kappa shape index (κ1) is 23.3. The highest BCUT2D eigenvalue weighted by atomic mass is 32.2. The summed E-state index contributed by atoms with van der Waals surface area (Å²) in [6, 6.07) is 11.2.